The second-order valence-corrected chi connectivity index (χ2v) is 5.08. The van der Waals surface area contributed by atoms with Crippen molar-refractivity contribution in [3.05, 3.63) is 39.2 Å². The number of benzene rings is 1. The number of nitro groups is 1. The third-order valence-corrected chi connectivity index (χ3v) is 3.46. The number of aliphatic hydroxyl groups is 1. The Hall–Kier alpha value is -2.02. The summed E-state index contributed by atoms with van der Waals surface area (Å²) in [5.74, 6) is -1.24. The van der Waals surface area contributed by atoms with Crippen LogP contribution < -0.4 is 5.32 Å². The number of nitrogens with zero attached hydrogens (tertiary/aromatic N) is 1. The lowest BCUT2D eigenvalue weighted by molar-refractivity contribution is -0.385. The average Bonchev–Trinajstić information content (AvgIpc) is 2.35. The number of carbonyl (C=O) groups excluding carboxylic acids is 1. The average molecular weight is 282 g/mol. The van der Waals surface area contributed by atoms with Gasteiger partial charge >= 0.3 is 0 Å². The number of hydrogen-bond donors (Lipinski definition) is 2. The van der Waals surface area contributed by atoms with Gasteiger partial charge in [-0.15, -0.1) is 0 Å². The number of amides is 1. The highest BCUT2D eigenvalue weighted by atomic mass is 19.1. The van der Waals surface area contributed by atoms with Gasteiger partial charge in [-0.05, 0) is 31.2 Å². The summed E-state index contributed by atoms with van der Waals surface area (Å²) in [6, 6.07) is 2.03. The molecule has 0 aromatic heterocycles. The standard InChI is InChI=1S/C13H15FN2O4/c1-7-2-9(16(19)20)5-11(12(7)14)13(18)15-6-8-3-10(17)4-8/h2,5,8,10,17H,3-4,6H2,1H3,(H,15,18). The second-order valence-electron chi connectivity index (χ2n) is 5.08. The van der Waals surface area contributed by atoms with Gasteiger partial charge in [-0.25, -0.2) is 4.39 Å². The molecular formula is C13H15FN2O4. The third-order valence-electron chi connectivity index (χ3n) is 3.46. The summed E-state index contributed by atoms with van der Waals surface area (Å²) in [6.07, 6.45) is 0.890. The van der Waals surface area contributed by atoms with E-state index in [-0.39, 0.29) is 28.8 Å². The molecule has 0 bridgehead atoms. The molecule has 2 rings (SSSR count). The van der Waals surface area contributed by atoms with Crippen molar-refractivity contribution < 1.29 is 19.2 Å². The van der Waals surface area contributed by atoms with E-state index in [1.54, 1.807) is 0 Å². The molecule has 0 heterocycles. The van der Waals surface area contributed by atoms with E-state index in [0.717, 1.165) is 12.1 Å². The quantitative estimate of drug-likeness (QED) is 0.647. The van der Waals surface area contributed by atoms with Gasteiger partial charge in [0.1, 0.15) is 5.82 Å². The van der Waals surface area contributed by atoms with Crippen molar-refractivity contribution in [3.8, 4) is 0 Å². The Balaban J connectivity index is 2.10. The molecule has 1 amide bonds. The highest BCUT2D eigenvalue weighted by Gasteiger charge is 2.28. The first-order chi connectivity index (χ1) is 9.38. The largest absolute Gasteiger partial charge is 0.393 e. The van der Waals surface area contributed by atoms with E-state index in [0.29, 0.717) is 19.4 Å². The van der Waals surface area contributed by atoms with E-state index in [2.05, 4.69) is 5.32 Å². The first kappa shape index (κ1) is 14.4. The number of nitrogens with one attached hydrogen (secondary N) is 1. The molecular weight excluding hydrogens is 267 g/mol. The van der Waals surface area contributed by atoms with Crippen LogP contribution >= 0.6 is 0 Å². The molecule has 1 aromatic rings. The molecule has 0 aliphatic heterocycles. The Kier molecular flexibility index (Phi) is 3.99. The molecule has 0 unspecified atom stereocenters. The smallest absolute Gasteiger partial charge is 0.270 e. The highest BCUT2D eigenvalue weighted by molar-refractivity contribution is 5.95. The minimum Gasteiger partial charge on any atom is -0.393 e. The Morgan fingerprint density at radius 3 is 2.75 bits per heavy atom. The maximum Gasteiger partial charge on any atom is 0.270 e. The zero-order chi connectivity index (χ0) is 14.9. The summed E-state index contributed by atoms with van der Waals surface area (Å²) in [5, 5.41) is 22.4. The number of hydrogen-bond acceptors (Lipinski definition) is 4. The molecule has 0 saturated heterocycles. The van der Waals surface area contributed by atoms with Gasteiger partial charge in [0, 0.05) is 18.7 Å². The summed E-state index contributed by atoms with van der Waals surface area (Å²) in [7, 11) is 0. The number of carbonyl (C=O) groups is 1. The van der Waals surface area contributed by atoms with E-state index in [4.69, 9.17) is 5.11 Å². The highest BCUT2D eigenvalue weighted by Crippen LogP contribution is 2.26. The van der Waals surface area contributed by atoms with Crippen LogP contribution in [0.5, 0.6) is 0 Å². The van der Waals surface area contributed by atoms with Crippen molar-refractivity contribution in [2.45, 2.75) is 25.9 Å². The molecule has 1 saturated carbocycles. The number of aliphatic hydroxyl groups excluding tert-OH is 1. The number of aryl methyl sites for hydroxylation is 1. The first-order valence-electron chi connectivity index (χ1n) is 6.29. The molecule has 7 heteroatoms. The van der Waals surface area contributed by atoms with E-state index in [1.807, 2.05) is 0 Å². The molecule has 0 spiro atoms. The van der Waals surface area contributed by atoms with Crippen LogP contribution in [0.25, 0.3) is 0 Å². The second kappa shape index (κ2) is 5.54. The molecule has 2 N–H and O–H groups in total. The van der Waals surface area contributed by atoms with Crippen LogP contribution in [-0.2, 0) is 0 Å². The Morgan fingerprint density at radius 1 is 1.55 bits per heavy atom. The third kappa shape index (κ3) is 2.93. The zero-order valence-corrected chi connectivity index (χ0v) is 10.9. The van der Waals surface area contributed by atoms with Gasteiger partial charge in [0.25, 0.3) is 11.6 Å². The first-order valence-corrected chi connectivity index (χ1v) is 6.29. The van der Waals surface area contributed by atoms with Crippen LogP contribution in [-0.4, -0.2) is 28.6 Å². The Labute approximate surface area is 114 Å². The van der Waals surface area contributed by atoms with Crippen molar-refractivity contribution in [2.75, 3.05) is 6.54 Å². The summed E-state index contributed by atoms with van der Waals surface area (Å²) in [5.41, 5.74) is -0.576. The molecule has 6 nitrogen and oxygen atoms in total. The molecule has 1 aliphatic rings. The summed E-state index contributed by atoms with van der Waals surface area (Å²) < 4.78 is 13.9. The lowest BCUT2D eigenvalue weighted by Crippen LogP contribution is -2.38. The van der Waals surface area contributed by atoms with Crippen LogP contribution in [0.4, 0.5) is 10.1 Å². The molecule has 1 aliphatic carbocycles. The van der Waals surface area contributed by atoms with E-state index in [1.165, 1.54) is 6.92 Å². The zero-order valence-electron chi connectivity index (χ0n) is 10.9. The SMILES string of the molecule is Cc1cc([N+](=O)[O-])cc(C(=O)NCC2CC(O)C2)c1F. The maximum atomic E-state index is 13.9. The van der Waals surface area contributed by atoms with Gasteiger partial charge < -0.3 is 10.4 Å². The normalized spacial score (nSPS) is 21.1. The number of nitro benzene ring substituents is 1. The summed E-state index contributed by atoms with van der Waals surface area (Å²) >= 11 is 0. The van der Waals surface area contributed by atoms with Gasteiger partial charge in [0.15, 0.2) is 0 Å². The number of rotatable bonds is 4. The lowest BCUT2D eigenvalue weighted by atomic mass is 9.82. The van der Waals surface area contributed by atoms with Crippen molar-refractivity contribution in [3.63, 3.8) is 0 Å². The summed E-state index contributed by atoms with van der Waals surface area (Å²) in [4.78, 5) is 21.9. The van der Waals surface area contributed by atoms with E-state index >= 15 is 0 Å². The van der Waals surface area contributed by atoms with Crippen LogP contribution in [0.3, 0.4) is 0 Å². The Morgan fingerprint density at radius 2 is 2.20 bits per heavy atom. The molecule has 20 heavy (non-hydrogen) atoms. The van der Waals surface area contributed by atoms with Gasteiger partial charge in [0.05, 0.1) is 16.6 Å². The van der Waals surface area contributed by atoms with Crippen LogP contribution in [0.2, 0.25) is 0 Å². The molecule has 1 aromatic carbocycles. The molecule has 0 atom stereocenters. The van der Waals surface area contributed by atoms with Gasteiger partial charge in [-0.1, -0.05) is 0 Å². The lowest BCUT2D eigenvalue weighted by Gasteiger charge is -2.31. The van der Waals surface area contributed by atoms with Crippen LogP contribution in [0.1, 0.15) is 28.8 Å². The monoisotopic (exact) mass is 282 g/mol. The predicted octanol–water partition coefficient (Wildman–Crippen LogP) is 1.54. The molecule has 108 valence electrons. The predicted molar refractivity (Wildman–Crippen MR) is 68.9 cm³/mol. The molecule has 1 fully saturated rings. The van der Waals surface area contributed by atoms with E-state index < -0.39 is 16.6 Å². The fourth-order valence-electron chi connectivity index (χ4n) is 2.22. The van der Waals surface area contributed by atoms with Crippen molar-refractivity contribution in [2.24, 2.45) is 5.92 Å². The Bertz CT molecular complexity index is 556. The van der Waals surface area contributed by atoms with E-state index in [9.17, 15) is 19.3 Å². The number of non-ortho nitro benzene ring substituents is 1. The van der Waals surface area contributed by atoms with Gasteiger partial charge in [-0.2, -0.15) is 0 Å². The minimum atomic E-state index is -0.748. The topological polar surface area (TPSA) is 92.5 Å². The number of halogens is 1. The maximum absolute atomic E-state index is 13.9. The van der Waals surface area contributed by atoms with Crippen molar-refractivity contribution in [1.29, 1.82) is 0 Å². The van der Waals surface area contributed by atoms with Gasteiger partial charge in [-0.3, -0.25) is 14.9 Å². The fourth-order valence-corrected chi connectivity index (χ4v) is 2.22. The fraction of sp³-hybridized carbons (Fsp3) is 0.462. The van der Waals surface area contributed by atoms with Gasteiger partial charge in [0.2, 0.25) is 0 Å². The van der Waals surface area contributed by atoms with Crippen LogP contribution in [0.15, 0.2) is 12.1 Å². The minimum absolute atomic E-state index is 0.0587. The van der Waals surface area contributed by atoms with Crippen molar-refractivity contribution in [1.82, 2.24) is 5.32 Å². The summed E-state index contributed by atoms with van der Waals surface area (Å²) in [6.45, 7) is 1.71. The van der Waals surface area contributed by atoms with Crippen LogP contribution in [0, 0.1) is 28.8 Å². The molecule has 0 radical (unpaired) electrons. The van der Waals surface area contributed by atoms with Crippen molar-refractivity contribution >= 4 is 11.6 Å².